The molecular formula is C17H23N3O3. The summed E-state index contributed by atoms with van der Waals surface area (Å²) in [5.74, 6) is 1.51. The summed E-state index contributed by atoms with van der Waals surface area (Å²) in [6.07, 6.45) is 2.46. The minimum Gasteiger partial charge on any atom is -0.497 e. The Hall–Kier alpha value is -2.26. The third-order valence-corrected chi connectivity index (χ3v) is 4.00. The molecule has 1 amide bonds. The molecule has 23 heavy (non-hydrogen) atoms. The number of carbonyl (C=O) groups is 1. The fraction of sp³-hybridized carbons (Fsp3) is 0.529. The summed E-state index contributed by atoms with van der Waals surface area (Å²) in [4.78, 5) is 13.8. The topological polar surface area (TPSA) is 74.6 Å². The fourth-order valence-electron chi connectivity index (χ4n) is 2.74. The number of nitrogens with zero attached hydrogens (tertiary/aromatic N) is 2. The second-order valence-corrected chi connectivity index (χ2v) is 5.52. The molecule has 124 valence electrons. The molecule has 1 aliphatic heterocycles. The van der Waals surface area contributed by atoms with Crippen molar-refractivity contribution in [3.05, 3.63) is 23.8 Å². The first-order chi connectivity index (χ1) is 11.2. The number of hydrogen-bond acceptors (Lipinski definition) is 5. The van der Waals surface area contributed by atoms with Crippen LogP contribution in [0.5, 0.6) is 11.5 Å². The molecule has 6 nitrogen and oxygen atoms in total. The van der Waals surface area contributed by atoms with Gasteiger partial charge in [0.25, 0.3) is 0 Å². The lowest BCUT2D eigenvalue weighted by Gasteiger charge is -2.19. The van der Waals surface area contributed by atoms with Crippen molar-refractivity contribution in [2.24, 2.45) is 0 Å². The summed E-state index contributed by atoms with van der Waals surface area (Å²) in [5.41, 5.74) is 1.08. The van der Waals surface area contributed by atoms with E-state index in [9.17, 15) is 4.79 Å². The van der Waals surface area contributed by atoms with E-state index >= 15 is 0 Å². The molecule has 1 fully saturated rings. The van der Waals surface area contributed by atoms with Gasteiger partial charge < -0.3 is 19.7 Å². The van der Waals surface area contributed by atoms with Crippen LogP contribution >= 0.6 is 0 Å². The summed E-state index contributed by atoms with van der Waals surface area (Å²) >= 11 is 0. The van der Waals surface area contributed by atoms with E-state index in [1.807, 2.05) is 18.2 Å². The Balaban J connectivity index is 1.79. The van der Waals surface area contributed by atoms with Crippen LogP contribution < -0.4 is 14.8 Å². The van der Waals surface area contributed by atoms with Crippen LogP contribution in [0, 0.1) is 11.3 Å². The zero-order valence-electron chi connectivity index (χ0n) is 13.7. The number of nitriles is 1. The highest BCUT2D eigenvalue weighted by Gasteiger charge is 2.27. The highest BCUT2D eigenvalue weighted by molar-refractivity contribution is 5.79. The molecule has 1 saturated heterocycles. The first kappa shape index (κ1) is 17.1. The SMILES string of the molecule is COc1cc(CCNCC(=O)N2CCC[C@H]2C#N)cc(OC)c1. The summed E-state index contributed by atoms with van der Waals surface area (Å²) in [6.45, 7) is 1.62. The standard InChI is InChI=1S/C17H23N3O3/c1-22-15-8-13(9-16(10-15)23-2)5-6-19-12-17(21)20-7-3-4-14(20)11-18/h8-10,14,19H,3-7,12H2,1-2H3/t14-/m0/s1. The van der Waals surface area contributed by atoms with Crippen LogP contribution in [0.1, 0.15) is 18.4 Å². The molecule has 1 atom stereocenters. The van der Waals surface area contributed by atoms with Gasteiger partial charge in [-0.25, -0.2) is 0 Å². The average molecular weight is 317 g/mol. The Labute approximate surface area is 137 Å². The van der Waals surface area contributed by atoms with Gasteiger partial charge in [0.05, 0.1) is 26.8 Å². The molecule has 1 aromatic rings. The zero-order valence-corrected chi connectivity index (χ0v) is 13.7. The van der Waals surface area contributed by atoms with E-state index in [-0.39, 0.29) is 18.5 Å². The third kappa shape index (κ3) is 4.60. The third-order valence-electron chi connectivity index (χ3n) is 4.00. The minimum atomic E-state index is -0.257. The second kappa shape index (κ2) is 8.39. The smallest absolute Gasteiger partial charge is 0.237 e. The summed E-state index contributed by atoms with van der Waals surface area (Å²) < 4.78 is 10.5. The number of carbonyl (C=O) groups excluding carboxylic acids is 1. The molecule has 1 N–H and O–H groups in total. The van der Waals surface area contributed by atoms with E-state index < -0.39 is 0 Å². The number of ether oxygens (including phenoxy) is 2. The number of benzene rings is 1. The van der Waals surface area contributed by atoms with Gasteiger partial charge in [0.15, 0.2) is 0 Å². The lowest BCUT2D eigenvalue weighted by Crippen LogP contribution is -2.41. The summed E-state index contributed by atoms with van der Waals surface area (Å²) in [7, 11) is 3.24. The van der Waals surface area contributed by atoms with Gasteiger partial charge in [-0.05, 0) is 43.5 Å². The Morgan fingerprint density at radius 1 is 1.35 bits per heavy atom. The van der Waals surface area contributed by atoms with Crippen LogP contribution in [0.15, 0.2) is 18.2 Å². The molecule has 0 spiro atoms. The summed E-state index contributed by atoms with van der Waals surface area (Å²) in [6, 6.07) is 7.67. The highest BCUT2D eigenvalue weighted by Crippen LogP contribution is 2.22. The quantitative estimate of drug-likeness (QED) is 0.768. The van der Waals surface area contributed by atoms with Crippen LogP contribution in [0.25, 0.3) is 0 Å². The lowest BCUT2D eigenvalue weighted by molar-refractivity contribution is -0.130. The number of nitrogens with one attached hydrogen (secondary N) is 1. The van der Waals surface area contributed by atoms with Crippen molar-refractivity contribution in [1.82, 2.24) is 10.2 Å². The molecule has 0 bridgehead atoms. The van der Waals surface area contributed by atoms with Crippen molar-refractivity contribution >= 4 is 5.91 Å². The van der Waals surface area contributed by atoms with Gasteiger partial charge in [-0.15, -0.1) is 0 Å². The van der Waals surface area contributed by atoms with Gasteiger partial charge in [0, 0.05) is 12.6 Å². The molecule has 0 saturated carbocycles. The van der Waals surface area contributed by atoms with Gasteiger partial charge in [-0.1, -0.05) is 0 Å². The number of likely N-dealkylation sites (tertiary alicyclic amines) is 1. The summed E-state index contributed by atoms with van der Waals surface area (Å²) in [5, 5.41) is 12.2. The maximum atomic E-state index is 12.1. The normalized spacial score (nSPS) is 16.9. The molecule has 2 rings (SSSR count). The molecule has 6 heteroatoms. The monoisotopic (exact) mass is 317 g/mol. The first-order valence-electron chi connectivity index (χ1n) is 7.79. The fourth-order valence-corrected chi connectivity index (χ4v) is 2.74. The van der Waals surface area contributed by atoms with E-state index in [1.54, 1.807) is 19.1 Å². The van der Waals surface area contributed by atoms with E-state index in [0.29, 0.717) is 13.1 Å². The number of amides is 1. The van der Waals surface area contributed by atoms with Crippen molar-refractivity contribution in [3.8, 4) is 17.6 Å². The maximum Gasteiger partial charge on any atom is 0.237 e. The molecule has 1 aromatic carbocycles. The number of hydrogen-bond donors (Lipinski definition) is 1. The molecule has 0 unspecified atom stereocenters. The van der Waals surface area contributed by atoms with Crippen molar-refractivity contribution < 1.29 is 14.3 Å². The lowest BCUT2D eigenvalue weighted by atomic mass is 10.1. The van der Waals surface area contributed by atoms with E-state index in [2.05, 4.69) is 11.4 Å². The Morgan fingerprint density at radius 3 is 2.65 bits per heavy atom. The Kier molecular flexibility index (Phi) is 6.24. The Morgan fingerprint density at radius 2 is 2.04 bits per heavy atom. The van der Waals surface area contributed by atoms with Crippen LogP contribution in [-0.4, -0.2) is 50.7 Å². The van der Waals surface area contributed by atoms with Gasteiger partial charge in [0.1, 0.15) is 17.5 Å². The van der Waals surface area contributed by atoms with E-state index in [4.69, 9.17) is 14.7 Å². The largest absolute Gasteiger partial charge is 0.497 e. The van der Waals surface area contributed by atoms with Crippen molar-refractivity contribution in [2.75, 3.05) is 33.9 Å². The molecular weight excluding hydrogens is 294 g/mol. The van der Waals surface area contributed by atoms with Crippen LogP contribution in [-0.2, 0) is 11.2 Å². The van der Waals surface area contributed by atoms with Crippen LogP contribution in [0.3, 0.4) is 0 Å². The zero-order chi connectivity index (χ0) is 16.7. The van der Waals surface area contributed by atoms with E-state index in [0.717, 1.165) is 36.3 Å². The molecule has 0 radical (unpaired) electrons. The van der Waals surface area contributed by atoms with Crippen LogP contribution in [0.4, 0.5) is 0 Å². The highest BCUT2D eigenvalue weighted by atomic mass is 16.5. The predicted molar refractivity (Wildman–Crippen MR) is 86.5 cm³/mol. The number of rotatable bonds is 7. The van der Waals surface area contributed by atoms with Crippen molar-refractivity contribution in [2.45, 2.75) is 25.3 Å². The molecule has 1 aliphatic rings. The van der Waals surface area contributed by atoms with Crippen molar-refractivity contribution in [3.63, 3.8) is 0 Å². The Bertz CT molecular complexity index is 561. The minimum absolute atomic E-state index is 0.00253. The van der Waals surface area contributed by atoms with Gasteiger partial charge in [0.2, 0.25) is 5.91 Å². The predicted octanol–water partition coefficient (Wildman–Crippen LogP) is 1.35. The van der Waals surface area contributed by atoms with Gasteiger partial charge in [-0.3, -0.25) is 4.79 Å². The first-order valence-corrected chi connectivity index (χ1v) is 7.79. The van der Waals surface area contributed by atoms with Gasteiger partial charge in [-0.2, -0.15) is 5.26 Å². The second-order valence-electron chi connectivity index (χ2n) is 5.52. The number of methoxy groups -OCH3 is 2. The molecule has 0 aromatic heterocycles. The maximum absolute atomic E-state index is 12.1. The van der Waals surface area contributed by atoms with Gasteiger partial charge >= 0.3 is 0 Å². The van der Waals surface area contributed by atoms with Crippen LogP contribution in [0.2, 0.25) is 0 Å². The van der Waals surface area contributed by atoms with Crippen molar-refractivity contribution in [1.29, 1.82) is 5.26 Å². The van der Waals surface area contributed by atoms with E-state index in [1.165, 1.54) is 0 Å². The molecule has 0 aliphatic carbocycles. The average Bonchev–Trinajstić information content (AvgIpc) is 3.06. The molecule has 1 heterocycles.